The van der Waals surface area contributed by atoms with Gasteiger partial charge in [-0.25, -0.2) is 8.42 Å². The second-order valence-corrected chi connectivity index (χ2v) is 8.72. The van der Waals surface area contributed by atoms with Crippen LogP contribution in [0.2, 0.25) is 5.02 Å². The van der Waals surface area contributed by atoms with Crippen molar-refractivity contribution >= 4 is 39.3 Å². The third-order valence-corrected chi connectivity index (χ3v) is 6.12. The number of hydrogen-bond donors (Lipinski definition) is 2. The van der Waals surface area contributed by atoms with E-state index >= 15 is 0 Å². The van der Waals surface area contributed by atoms with Gasteiger partial charge < -0.3 is 9.47 Å². The average Bonchev–Trinajstić information content (AvgIpc) is 3.17. The van der Waals surface area contributed by atoms with Gasteiger partial charge in [0.05, 0.1) is 16.5 Å². The molecule has 1 saturated heterocycles. The van der Waals surface area contributed by atoms with Crippen LogP contribution < -0.4 is 20.3 Å². The number of ether oxygens (including phenoxy) is 2. The van der Waals surface area contributed by atoms with Crippen molar-refractivity contribution in [2.75, 3.05) is 18.3 Å². The van der Waals surface area contributed by atoms with Crippen LogP contribution >= 0.6 is 11.6 Å². The second kappa shape index (κ2) is 7.55. The Morgan fingerprint density at radius 2 is 2.08 bits per heavy atom. The molecule has 0 radical (unpaired) electrons. The van der Waals surface area contributed by atoms with E-state index in [4.69, 9.17) is 21.1 Å². The van der Waals surface area contributed by atoms with Crippen LogP contribution in [0.25, 0.3) is 6.08 Å². The molecule has 1 atom stereocenters. The molecule has 10 heteroatoms. The maximum absolute atomic E-state index is 11.8. The van der Waals surface area contributed by atoms with Gasteiger partial charge in [0.25, 0.3) is 5.91 Å². The van der Waals surface area contributed by atoms with E-state index in [1.807, 2.05) is 0 Å². The highest BCUT2D eigenvalue weighted by molar-refractivity contribution is 7.91. The lowest BCUT2D eigenvalue weighted by molar-refractivity contribution is -0.127. The molecule has 26 heavy (non-hydrogen) atoms. The van der Waals surface area contributed by atoms with E-state index in [9.17, 15) is 18.0 Å². The first-order valence-corrected chi connectivity index (χ1v) is 10.1. The minimum atomic E-state index is -3.03. The predicted octanol–water partition coefficient (Wildman–Crippen LogP) is 1.05. The number of fused-ring (bicyclic) bond motifs is 1. The molecule has 0 spiro atoms. The van der Waals surface area contributed by atoms with Crippen LogP contribution in [0, 0.1) is 5.92 Å². The first-order chi connectivity index (χ1) is 12.3. The third kappa shape index (κ3) is 4.67. The summed E-state index contributed by atoms with van der Waals surface area (Å²) in [5.74, 6) is -0.0849. The third-order valence-electron chi connectivity index (χ3n) is 4.00. The van der Waals surface area contributed by atoms with Gasteiger partial charge in [0.1, 0.15) is 0 Å². The molecule has 3 rings (SSSR count). The minimum Gasteiger partial charge on any atom is -0.454 e. The fourth-order valence-corrected chi connectivity index (χ4v) is 4.91. The summed E-state index contributed by atoms with van der Waals surface area (Å²) in [5, 5.41) is 0.375. The number of nitrogens with one attached hydrogen (secondary N) is 2. The Kier molecular flexibility index (Phi) is 5.38. The van der Waals surface area contributed by atoms with Crippen molar-refractivity contribution in [3.63, 3.8) is 0 Å². The molecule has 0 saturated carbocycles. The predicted molar refractivity (Wildman–Crippen MR) is 94.3 cm³/mol. The molecular formula is C16H17ClN2O6S. The molecular weight excluding hydrogens is 384 g/mol. The molecule has 2 aliphatic rings. The van der Waals surface area contributed by atoms with Crippen molar-refractivity contribution in [3.05, 3.63) is 28.8 Å². The van der Waals surface area contributed by atoms with Crippen LogP contribution in [0.5, 0.6) is 11.5 Å². The van der Waals surface area contributed by atoms with Crippen LogP contribution in [0.15, 0.2) is 18.2 Å². The maximum atomic E-state index is 11.8. The van der Waals surface area contributed by atoms with E-state index in [-0.39, 0.29) is 30.6 Å². The summed E-state index contributed by atoms with van der Waals surface area (Å²) in [6.07, 6.45) is 3.27. The van der Waals surface area contributed by atoms with Crippen molar-refractivity contribution in [2.24, 2.45) is 5.92 Å². The fourth-order valence-electron chi connectivity index (χ4n) is 2.77. The normalized spacial score (nSPS) is 20.3. The standard InChI is InChI=1S/C16H17ClN2O6S/c17-12-5-10(6-13-16(12)25-9-24-13)1-2-14(20)18-19-15(21)7-11-3-4-26(22,23)8-11/h1-2,5-6,11H,3-4,7-9H2,(H,18,20)(H,19,21)/b2-1+/t11-/m0/s1. The van der Waals surface area contributed by atoms with Gasteiger partial charge in [-0.1, -0.05) is 11.6 Å². The largest absolute Gasteiger partial charge is 0.454 e. The molecule has 2 amide bonds. The minimum absolute atomic E-state index is 0.0130. The number of carbonyl (C=O) groups is 2. The van der Waals surface area contributed by atoms with Gasteiger partial charge in [-0.05, 0) is 36.1 Å². The fraction of sp³-hybridized carbons (Fsp3) is 0.375. The Morgan fingerprint density at radius 1 is 1.27 bits per heavy atom. The van der Waals surface area contributed by atoms with E-state index < -0.39 is 21.7 Å². The van der Waals surface area contributed by atoms with E-state index in [0.717, 1.165) is 0 Å². The summed E-state index contributed by atoms with van der Waals surface area (Å²) in [5.41, 5.74) is 5.16. The molecule has 2 aliphatic heterocycles. The summed E-state index contributed by atoms with van der Waals surface area (Å²) in [6.45, 7) is 0.0943. The topological polar surface area (TPSA) is 111 Å². The van der Waals surface area contributed by atoms with E-state index in [2.05, 4.69) is 10.9 Å². The van der Waals surface area contributed by atoms with Gasteiger partial charge in [-0.3, -0.25) is 20.4 Å². The smallest absolute Gasteiger partial charge is 0.262 e. The highest BCUT2D eigenvalue weighted by Gasteiger charge is 2.29. The van der Waals surface area contributed by atoms with Crippen LogP contribution in [-0.2, 0) is 19.4 Å². The van der Waals surface area contributed by atoms with Gasteiger partial charge >= 0.3 is 0 Å². The summed E-state index contributed by atoms with van der Waals surface area (Å²) in [4.78, 5) is 23.6. The van der Waals surface area contributed by atoms with Gasteiger partial charge in [0.2, 0.25) is 12.7 Å². The lowest BCUT2D eigenvalue weighted by Crippen LogP contribution is -2.41. The second-order valence-electron chi connectivity index (χ2n) is 6.08. The monoisotopic (exact) mass is 400 g/mol. The maximum Gasteiger partial charge on any atom is 0.262 e. The van der Waals surface area contributed by atoms with Crippen molar-refractivity contribution in [1.29, 1.82) is 0 Å². The average molecular weight is 401 g/mol. The van der Waals surface area contributed by atoms with Gasteiger partial charge in [0, 0.05) is 12.5 Å². The number of amides is 2. The molecule has 0 unspecified atom stereocenters. The summed E-state index contributed by atoms with van der Waals surface area (Å²) in [6, 6.07) is 3.30. The zero-order valence-electron chi connectivity index (χ0n) is 13.7. The molecule has 1 fully saturated rings. The number of rotatable bonds is 4. The Balaban J connectivity index is 1.47. The SMILES string of the molecule is O=C(/C=C/c1cc(Cl)c2c(c1)OCO2)NNC(=O)C[C@@H]1CCS(=O)(=O)C1. The number of benzene rings is 1. The summed E-state index contributed by atoms with van der Waals surface area (Å²) in [7, 11) is -3.03. The molecule has 140 valence electrons. The van der Waals surface area contributed by atoms with Gasteiger partial charge in [-0.2, -0.15) is 0 Å². The van der Waals surface area contributed by atoms with Crippen LogP contribution in [0.4, 0.5) is 0 Å². The number of halogens is 1. The molecule has 0 bridgehead atoms. The van der Waals surface area contributed by atoms with Crippen molar-refractivity contribution in [2.45, 2.75) is 12.8 Å². The van der Waals surface area contributed by atoms with E-state index in [0.29, 0.717) is 28.5 Å². The van der Waals surface area contributed by atoms with Crippen LogP contribution in [0.1, 0.15) is 18.4 Å². The highest BCUT2D eigenvalue weighted by Crippen LogP contribution is 2.40. The zero-order valence-corrected chi connectivity index (χ0v) is 15.2. The number of hydrazine groups is 1. The Hall–Kier alpha value is -2.26. The van der Waals surface area contributed by atoms with Crippen molar-refractivity contribution < 1.29 is 27.5 Å². The van der Waals surface area contributed by atoms with Gasteiger partial charge in [0.15, 0.2) is 21.3 Å². The highest BCUT2D eigenvalue weighted by atomic mass is 35.5. The molecule has 1 aromatic rings. The zero-order chi connectivity index (χ0) is 18.7. The lowest BCUT2D eigenvalue weighted by atomic mass is 10.1. The van der Waals surface area contributed by atoms with Crippen molar-refractivity contribution in [1.82, 2.24) is 10.9 Å². The molecule has 0 aliphatic carbocycles. The number of carbonyl (C=O) groups excluding carboxylic acids is 2. The number of hydrogen-bond acceptors (Lipinski definition) is 6. The molecule has 2 N–H and O–H groups in total. The van der Waals surface area contributed by atoms with E-state index in [1.54, 1.807) is 12.1 Å². The summed E-state index contributed by atoms with van der Waals surface area (Å²) < 4.78 is 33.2. The number of sulfone groups is 1. The Morgan fingerprint density at radius 3 is 2.81 bits per heavy atom. The molecule has 0 aromatic heterocycles. The van der Waals surface area contributed by atoms with Crippen LogP contribution in [0.3, 0.4) is 0 Å². The molecule has 1 aromatic carbocycles. The first kappa shape index (κ1) is 18.5. The lowest BCUT2D eigenvalue weighted by Gasteiger charge is -2.08. The molecule has 8 nitrogen and oxygen atoms in total. The molecule has 2 heterocycles. The Labute approximate surface area is 155 Å². The quantitative estimate of drug-likeness (QED) is 0.577. The first-order valence-electron chi connectivity index (χ1n) is 7.89. The Bertz CT molecular complexity index is 868. The van der Waals surface area contributed by atoms with Crippen molar-refractivity contribution in [3.8, 4) is 11.5 Å². The summed E-state index contributed by atoms with van der Waals surface area (Å²) >= 11 is 6.05. The van der Waals surface area contributed by atoms with Crippen LogP contribution in [-0.4, -0.2) is 38.5 Å². The van der Waals surface area contributed by atoms with Gasteiger partial charge in [-0.15, -0.1) is 0 Å². The van der Waals surface area contributed by atoms with E-state index in [1.165, 1.54) is 12.2 Å².